The molecule has 2 amide bonds. The molecule has 5 nitrogen and oxygen atoms in total. The van der Waals surface area contributed by atoms with Crippen molar-refractivity contribution in [2.75, 3.05) is 5.32 Å². The summed E-state index contributed by atoms with van der Waals surface area (Å²) < 4.78 is 0. The first-order valence-electron chi connectivity index (χ1n) is 8.50. The first-order valence-corrected chi connectivity index (χ1v) is 8.88. The fourth-order valence-electron chi connectivity index (χ4n) is 2.54. The molecule has 0 aliphatic carbocycles. The second kappa shape index (κ2) is 8.85. The Morgan fingerprint density at radius 1 is 0.857 bits per heavy atom. The number of nitrogens with one attached hydrogen (secondary N) is 2. The largest absolute Gasteiger partial charge is 0.348 e. The highest BCUT2D eigenvalue weighted by Gasteiger charge is 2.11. The van der Waals surface area contributed by atoms with E-state index >= 15 is 0 Å². The lowest BCUT2D eigenvalue weighted by molar-refractivity contribution is 0.0949. The number of amides is 2. The summed E-state index contributed by atoms with van der Waals surface area (Å²) in [4.78, 5) is 24.6. The first kappa shape index (κ1) is 19.2. The Morgan fingerprint density at radius 3 is 2.11 bits per heavy atom. The van der Waals surface area contributed by atoms with E-state index in [0.717, 1.165) is 5.56 Å². The monoisotopic (exact) mass is 389 g/mol. The van der Waals surface area contributed by atoms with E-state index in [2.05, 4.69) is 10.6 Å². The Hall–Kier alpha value is -3.62. The van der Waals surface area contributed by atoms with E-state index in [9.17, 15) is 9.59 Å². The highest BCUT2D eigenvalue weighted by molar-refractivity contribution is 6.30. The summed E-state index contributed by atoms with van der Waals surface area (Å²) in [5.41, 5.74) is 2.60. The van der Waals surface area contributed by atoms with Crippen LogP contribution in [0.3, 0.4) is 0 Å². The van der Waals surface area contributed by atoms with Gasteiger partial charge < -0.3 is 10.6 Å². The van der Waals surface area contributed by atoms with Crippen LogP contribution >= 0.6 is 11.6 Å². The van der Waals surface area contributed by atoms with E-state index in [-0.39, 0.29) is 11.8 Å². The van der Waals surface area contributed by atoms with Crippen molar-refractivity contribution in [1.82, 2.24) is 5.32 Å². The summed E-state index contributed by atoms with van der Waals surface area (Å²) in [5.74, 6) is -0.590. The predicted molar refractivity (Wildman–Crippen MR) is 108 cm³/mol. The number of hydrogen-bond acceptors (Lipinski definition) is 3. The third-order valence-electron chi connectivity index (χ3n) is 4.07. The summed E-state index contributed by atoms with van der Waals surface area (Å²) in [5, 5.41) is 15.3. The average molecular weight is 390 g/mol. The molecule has 0 aliphatic heterocycles. The topological polar surface area (TPSA) is 82.0 Å². The quantitative estimate of drug-likeness (QED) is 0.678. The maximum atomic E-state index is 12.4. The lowest BCUT2D eigenvalue weighted by Crippen LogP contribution is -2.23. The molecule has 0 radical (unpaired) electrons. The van der Waals surface area contributed by atoms with E-state index in [1.54, 1.807) is 60.7 Å². The highest BCUT2D eigenvalue weighted by atomic mass is 35.5. The second-order valence-electron chi connectivity index (χ2n) is 6.00. The minimum Gasteiger partial charge on any atom is -0.348 e. The number of para-hydroxylation sites is 1. The molecule has 0 saturated heterocycles. The molecule has 138 valence electrons. The number of anilines is 1. The van der Waals surface area contributed by atoms with Crippen molar-refractivity contribution < 1.29 is 9.59 Å². The Balaban J connectivity index is 1.62. The molecule has 6 heteroatoms. The van der Waals surface area contributed by atoms with E-state index in [1.807, 2.05) is 18.2 Å². The number of benzene rings is 3. The van der Waals surface area contributed by atoms with Crippen LogP contribution in [0.25, 0.3) is 0 Å². The van der Waals surface area contributed by atoms with Crippen LogP contribution in [0.5, 0.6) is 0 Å². The van der Waals surface area contributed by atoms with Gasteiger partial charge in [0, 0.05) is 22.7 Å². The molecule has 3 aromatic carbocycles. The molecular formula is C22H16ClN3O2. The molecule has 0 atom stereocenters. The van der Waals surface area contributed by atoms with Gasteiger partial charge in [0.15, 0.2) is 0 Å². The molecule has 0 fully saturated rings. The fraction of sp³-hybridized carbons (Fsp3) is 0.0455. The van der Waals surface area contributed by atoms with Crippen LogP contribution in [0.2, 0.25) is 5.02 Å². The molecule has 0 saturated carbocycles. The first-order chi connectivity index (χ1) is 13.6. The van der Waals surface area contributed by atoms with Crippen LogP contribution in [0.15, 0.2) is 72.8 Å². The molecule has 0 heterocycles. The number of nitrogens with zero attached hydrogens (tertiary/aromatic N) is 1. The Bertz CT molecular complexity index is 1040. The van der Waals surface area contributed by atoms with E-state index in [1.165, 1.54) is 0 Å². The van der Waals surface area contributed by atoms with Crippen molar-refractivity contribution in [2.24, 2.45) is 0 Å². The number of nitriles is 1. The van der Waals surface area contributed by atoms with E-state index in [4.69, 9.17) is 16.9 Å². The van der Waals surface area contributed by atoms with Gasteiger partial charge in [-0.2, -0.15) is 5.26 Å². The van der Waals surface area contributed by atoms with Crippen LogP contribution < -0.4 is 10.6 Å². The van der Waals surface area contributed by atoms with Crippen molar-refractivity contribution >= 4 is 29.1 Å². The zero-order valence-corrected chi connectivity index (χ0v) is 15.5. The van der Waals surface area contributed by atoms with Crippen molar-refractivity contribution in [3.63, 3.8) is 0 Å². The molecule has 28 heavy (non-hydrogen) atoms. The fourth-order valence-corrected chi connectivity index (χ4v) is 2.67. The summed E-state index contributed by atoms with van der Waals surface area (Å²) in [6.07, 6.45) is 0. The van der Waals surface area contributed by atoms with Crippen LogP contribution in [-0.4, -0.2) is 11.8 Å². The molecule has 2 N–H and O–H groups in total. The lowest BCUT2D eigenvalue weighted by atomic mass is 10.1. The Labute approximate surface area is 167 Å². The predicted octanol–water partition coefficient (Wildman–Crippen LogP) is 4.39. The van der Waals surface area contributed by atoms with Gasteiger partial charge in [-0.1, -0.05) is 35.9 Å². The van der Waals surface area contributed by atoms with Crippen LogP contribution in [-0.2, 0) is 6.54 Å². The maximum absolute atomic E-state index is 12.4. The third kappa shape index (κ3) is 4.76. The Kier molecular flexibility index (Phi) is 6.05. The molecule has 3 aromatic rings. The number of halogens is 1. The van der Waals surface area contributed by atoms with Crippen molar-refractivity contribution in [3.05, 3.63) is 100 Å². The maximum Gasteiger partial charge on any atom is 0.255 e. The average Bonchev–Trinajstić information content (AvgIpc) is 2.73. The Morgan fingerprint density at radius 2 is 1.46 bits per heavy atom. The van der Waals surface area contributed by atoms with Gasteiger partial charge in [0.05, 0.1) is 11.3 Å². The van der Waals surface area contributed by atoms with Crippen LogP contribution in [0.4, 0.5) is 5.69 Å². The van der Waals surface area contributed by atoms with Crippen LogP contribution in [0, 0.1) is 11.3 Å². The summed E-state index contributed by atoms with van der Waals surface area (Å²) in [7, 11) is 0. The standard InChI is InChI=1S/C22H16ClN3O2/c23-19-11-5-15(6-12-19)14-25-21(27)16-7-9-17(10-8-16)22(28)26-20-4-2-1-3-18(20)13-24/h1-12H,14H2,(H,25,27)(H,26,28). The van der Waals surface area contributed by atoms with Crippen molar-refractivity contribution in [3.8, 4) is 6.07 Å². The van der Waals surface area contributed by atoms with Gasteiger partial charge in [-0.05, 0) is 54.1 Å². The zero-order valence-electron chi connectivity index (χ0n) is 14.8. The second-order valence-corrected chi connectivity index (χ2v) is 6.43. The number of carbonyl (C=O) groups is 2. The molecular weight excluding hydrogens is 374 g/mol. The molecule has 0 spiro atoms. The van der Waals surface area contributed by atoms with Crippen molar-refractivity contribution in [2.45, 2.75) is 6.54 Å². The summed E-state index contributed by atoms with van der Waals surface area (Å²) in [6, 6.07) is 22.3. The zero-order chi connectivity index (χ0) is 19.9. The van der Waals surface area contributed by atoms with Gasteiger partial charge in [-0.3, -0.25) is 9.59 Å². The summed E-state index contributed by atoms with van der Waals surface area (Å²) in [6.45, 7) is 0.378. The number of hydrogen-bond donors (Lipinski definition) is 2. The molecule has 3 rings (SSSR count). The molecule has 0 aliphatic rings. The summed E-state index contributed by atoms with van der Waals surface area (Å²) >= 11 is 5.84. The van der Waals surface area contributed by atoms with Gasteiger partial charge in [0.2, 0.25) is 0 Å². The normalized spacial score (nSPS) is 10.0. The van der Waals surface area contributed by atoms with Gasteiger partial charge in [0.1, 0.15) is 6.07 Å². The van der Waals surface area contributed by atoms with Gasteiger partial charge in [-0.15, -0.1) is 0 Å². The number of rotatable bonds is 5. The minimum absolute atomic E-state index is 0.239. The molecule has 0 unspecified atom stereocenters. The smallest absolute Gasteiger partial charge is 0.255 e. The van der Waals surface area contributed by atoms with Gasteiger partial charge in [0.25, 0.3) is 11.8 Å². The lowest BCUT2D eigenvalue weighted by Gasteiger charge is -2.08. The van der Waals surface area contributed by atoms with E-state index < -0.39 is 0 Å². The minimum atomic E-state index is -0.351. The van der Waals surface area contributed by atoms with E-state index in [0.29, 0.717) is 33.9 Å². The van der Waals surface area contributed by atoms with Gasteiger partial charge >= 0.3 is 0 Å². The van der Waals surface area contributed by atoms with Crippen molar-refractivity contribution in [1.29, 1.82) is 5.26 Å². The third-order valence-corrected chi connectivity index (χ3v) is 4.32. The highest BCUT2D eigenvalue weighted by Crippen LogP contribution is 2.15. The molecule has 0 aromatic heterocycles. The number of carbonyl (C=O) groups excluding carboxylic acids is 2. The SMILES string of the molecule is N#Cc1ccccc1NC(=O)c1ccc(C(=O)NCc2ccc(Cl)cc2)cc1. The van der Waals surface area contributed by atoms with Crippen LogP contribution in [0.1, 0.15) is 31.8 Å². The molecule has 0 bridgehead atoms. The van der Waals surface area contributed by atoms with Gasteiger partial charge in [-0.25, -0.2) is 0 Å².